The van der Waals surface area contributed by atoms with Crippen molar-refractivity contribution in [2.75, 3.05) is 0 Å². The third-order valence-electron chi connectivity index (χ3n) is 0. The number of hydrogen-bond donors (Lipinski definition) is 1. The molecule has 0 amide bonds. The van der Waals surface area contributed by atoms with Crippen molar-refractivity contribution in [1.82, 2.24) is 6.15 Å². The molecule has 5 N–H and O–H groups in total. The zero-order valence-corrected chi connectivity index (χ0v) is 1.21. The highest BCUT2D eigenvalue weighted by Crippen LogP contribution is 0.144. The maximum absolute atomic E-state index is 0. The molecule has 0 aliphatic rings. The van der Waals surface area contributed by atoms with Crippen molar-refractivity contribution in [2.24, 2.45) is 0 Å². The molecule has 30 valence electrons. The summed E-state index contributed by atoms with van der Waals surface area (Å²) in [5.41, 5.74) is 0. The summed E-state index contributed by atoms with van der Waals surface area (Å²) < 4.78 is 0. The zero-order valence-electron chi connectivity index (χ0n) is 1.21. The molecular weight excluding hydrogens is 52.8 g/mol. The van der Waals surface area contributed by atoms with Crippen LogP contribution in [0.25, 0.3) is 0 Å². The minimum atomic E-state index is 0. The molecule has 0 radical (unpaired) electrons. The van der Waals surface area contributed by atoms with Gasteiger partial charge in [0.2, 0.25) is 0 Å². The Labute approximate surface area is 28.7 Å². The van der Waals surface area contributed by atoms with E-state index >= 15 is 0 Å². The van der Waals surface area contributed by atoms with Crippen molar-refractivity contribution < 1.29 is 5.48 Å². The summed E-state index contributed by atoms with van der Waals surface area (Å²) in [5.74, 6) is 0. The Bertz CT molecular complexity index is 8.00. The van der Waals surface area contributed by atoms with Crippen molar-refractivity contribution in [1.29, 1.82) is 0 Å². The van der Waals surface area contributed by atoms with Crippen LogP contribution >= 0.6 is 0 Å². The van der Waals surface area contributed by atoms with Gasteiger partial charge in [0.05, 0.1) is 8.41 Å². The van der Waals surface area contributed by atoms with Crippen LogP contribution in [0.4, 0.5) is 0 Å². The second kappa shape index (κ2) is 51800. The van der Waals surface area contributed by atoms with E-state index in [1.54, 1.807) is 0 Å². The molecule has 0 saturated heterocycles. The van der Waals surface area contributed by atoms with Crippen LogP contribution < -0.4 is 6.15 Å². The average molecular weight is 64.9 g/mol. The molecule has 0 aromatic rings. The summed E-state index contributed by atoms with van der Waals surface area (Å²) in [5, 5.41) is 0. The van der Waals surface area contributed by atoms with Gasteiger partial charge in [-0.2, -0.15) is 0 Å². The maximum Gasteiger partial charge on any atom is 0.0814 e. The van der Waals surface area contributed by atoms with Gasteiger partial charge < -0.3 is 11.6 Å². The smallest absolute Gasteiger partial charge is 0.0814 e. The highest BCUT2D eigenvalue weighted by atomic mass is 16.0. The fraction of sp³-hybridized carbons (Fsp3) is 1.00. The molecule has 3 heteroatoms. The van der Waals surface area contributed by atoms with Crippen LogP contribution in [-0.2, 0) is 0 Å². The molecule has 0 aliphatic carbocycles. The van der Waals surface area contributed by atoms with Gasteiger partial charge in [-0.1, -0.05) is 7.43 Å². The van der Waals surface area contributed by atoms with Crippen molar-refractivity contribution in [2.45, 2.75) is 7.43 Å². The summed E-state index contributed by atoms with van der Waals surface area (Å²) in [6, 6.07) is 0. The Morgan fingerprint density at radius 3 is 1.00 bits per heavy atom. The van der Waals surface area contributed by atoms with Crippen LogP contribution in [0.2, 0.25) is 0 Å². The van der Waals surface area contributed by atoms with Gasteiger partial charge in [0.15, 0.2) is 0 Å². The van der Waals surface area contributed by atoms with Gasteiger partial charge in [0, 0.05) is 0 Å². The second-order valence-electron chi connectivity index (χ2n) is 0. The van der Waals surface area contributed by atoms with Crippen molar-refractivity contribution in [3.8, 4) is 0 Å². The highest BCUT2D eigenvalue weighted by Gasteiger charge is 0.0814. The van der Waals surface area contributed by atoms with E-state index in [0.29, 0.717) is 0 Å². The minimum absolute atomic E-state index is 0. The van der Waals surface area contributed by atoms with E-state index in [-0.39, 0.29) is 27.5 Å². The SMILES string of the molecule is B.C.N.O. The van der Waals surface area contributed by atoms with Gasteiger partial charge in [-0.3, -0.25) is 0 Å². The minimum Gasteiger partial charge on any atom is -0.412 e. The molecule has 0 rings (SSSR count). The fourth-order valence-electron chi connectivity index (χ4n) is 0. The first-order chi connectivity index (χ1) is 0. The molecule has 0 heterocycles. The maximum atomic E-state index is 0. The lowest BCUT2D eigenvalue weighted by atomic mass is 10.8. The van der Waals surface area contributed by atoms with E-state index in [1.165, 1.54) is 0 Å². The summed E-state index contributed by atoms with van der Waals surface area (Å²) in [6.45, 7) is 0. The van der Waals surface area contributed by atoms with Crippen LogP contribution in [-0.4, -0.2) is 13.9 Å². The quantitative estimate of drug-likeness (QED) is 0.353. The van der Waals surface area contributed by atoms with E-state index < -0.39 is 0 Å². The van der Waals surface area contributed by atoms with Gasteiger partial charge in [-0.15, -0.1) is 0 Å². The molecule has 0 unspecified atom stereocenters. The monoisotopic (exact) mass is 65.1 g/mol. The van der Waals surface area contributed by atoms with Crippen molar-refractivity contribution in [3.05, 3.63) is 0 Å². The normalized spacial score (nSPS) is 0. The average Bonchev–Trinajstić information content (AvgIpc) is 0. The van der Waals surface area contributed by atoms with E-state index in [0.717, 1.165) is 0 Å². The van der Waals surface area contributed by atoms with Gasteiger partial charge in [0.25, 0.3) is 0 Å². The first-order valence-corrected chi connectivity index (χ1v) is 0. The highest BCUT2D eigenvalue weighted by molar-refractivity contribution is 5.75. The van der Waals surface area contributed by atoms with Gasteiger partial charge >= 0.3 is 0 Å². The van der Waals surface area contributed by atoms with Crippen LogP contribution in [0, 0.1) is 0 Å². The molecule has 0 aromatic heterocycles. The van der Waals surface area contributed by atoms with Crippen LogP contribution in [0.15, 0.2) is 0 Å². The summed E-state index contributed by atoms with van der Waals surface area (Å²) >= 11 is 0. The number of hydrogen-bond acceptors (Lipinski definition) is 1. The van der Waals surface area contributed by atoms with E-state index in [2.05, 4.69) is 0 Å². The molecule has 0 fully saturated rings. The predicted molar refractivity (Wildman–Crippen MR) is 25.3 cm³/mol. The Balaban J connectivity index is 0. The largest absolute Gasteiger partial charge is 0.412 e. The molecule has 0 aliphatic heterocycles. The lowest BCUT2D eigenvalue weighted by molar-refractivity contribution is 0.824. The standard InChI is InChI=1S/CH4.BH3.H3N.H2O/h1H4;2*1H3;1H2. The van der Waals surface area contributed by atoms with Crippen molar-refractivity contribution >= 4 is 8.41 Å². The molecular formula is CH12BNO. The third-order valence-corrected chi connectivity index (χ3v) is 0. The molecule has 2 nitrogen and oxygen atoms in total. The topological polar surface area (TPSA) is 66.5 Å². The van der Waals surface area contributed by atoms with Gasteiger partial charge in [-0.25, -0.2) is 0 Å². The van der Waals surface area contributed by atoms with Crippen LogP contribution in [0.5, 0.6) is 0 Å². The lowest BCUT2D eigenvalue weighted by Gasteiger charge is -0.412. The third kappa shape index (κ3) is 8480. The van der Waals surface area contributed by atoms with Gasteiger partial charge in [-0.05, 0) is 0 Å². The first kappa shape index (κ1) is 156000. The Kier molecular flexibility index (Phi) is 2030000000. The Hall–Kier alpha value is -0.0151. The van der Waals surface area contributed by atoms with Crippen LogP contribution in [0.1, 0.15) is 7.43 Å². The predicted octanol–water partition coefficient (Wildman–Crippen LogP) is -1.21. The van der Waals surface area contributed by atoms with Gasteiger partial charge in [0.1, 0.15) is 0 Å². The molecule has 4 heavy (non-hydrogen) atoms. The summed E-state index contributed by atoms with van der Waals surface area (Å²) in [6.07, 6.45) is 0. The van der Waals surface area contributed by atoms with E-state index in [4.69, 9.17) is 0 Å². The molecule has 0 atom stereocenters. The molecule has 0 bridgehead atoms. The lowest BCUT2D eigenvalue weighted by Crippen LogP contribution is -0.481. The van der Waals surface area contributed by atoms with Crippen molar-refractivity contribution in [3.63, 3.8) is 0 Å². The van der Waals surface area contributed by atoms with E-state index in [1.807, 2.05) is 0 Å². The fourth-order valence-corrected chi connectivity index (χ4v) is 0. The van der Waals surface area contributed by atoms with E-state index in [9.17, 15) is 0 Å². The molecule has 0 aromatic carbocycles. The summed E-state index contributed by atoms with van der Waals surface area (Å²) in [4.78, 5) is 0. The number of rotatable bonds is 0. The zero-order chi connectivity index (χ0) is 0. The Morgan fingerprint density at radius 2 is 1.00 bits per heavy atom. The second-order valence-corrected chi connectivity index (χ2v) is 0. The summed E-state index contributed by atoms with van der Waals surface area (Å²) in [7, 11) is 0. The van der Waals surface area contributed by atoms with Crippen LogP contribution in [0.3, 0.4) is 0 Å². The molecule has 0 spiro atoms. The Morgan fingerprint density at radius 1 is 1.00 bits per heavy atom. The molecule has 0 saturated carbocycles. The first-order valence-electron chi connectivity index (χ1n) is 0.